The molecule has 0 aromatic heterocycles. The van der Waals surface area contributed by atoms with E-state index < -0.39 is 6.23 Å². The molecule has 4 nitrogen and oxygen atoms in total. The lowest BCUT2D eigenvalue weighted by atomic mass is 9.74. The van der Waals surface area contributed by atoms with Gasteiger partial charge in [0.2, 0.25) is 0 Å². The lowest BCUT2D eigenvalue weighted by Gasteiger charge is -2.32. The molecule has 2 rings (SSSR count). The highest BCUT2D eigenvalue weighted by molar-refractivity contribution is 6.30. The molecular formula is C20H27ClN2O2. The quantitative estimate of drug-likeness (QED) is 0.706. The van der Waals surface area contributed by atoms with Crippen LogP contribution in [0.5, 0.6) is 5.75 Å². The van der Waals surface area contributed by atoms with Gasteiger partial charge in [0.1, 0.15) is 18.7 Å². The normalized spacial score (nSPS) is 15.0. The summed E-state index contributed by atoms with van der Waals surface area (Å²) in [5.41, 5.74) is 7.60. The van der Waals surface area contributed by atoms with Crippen LogP contribution in [0.3, 0.4) is 0 Å². The predicted molar refractivity (Wildman–Crippen MR) is 103 cm³/mol. The fourth-order valence-corrected chi connectivity index (χ4v) is 3.17. The van der Waals surface area contributed by atoms with E-state index in [0.29, 0.717) is 18.2 Å². The van der Waals surface area contributed by atoms with Crippen LogP contribution in [0.15, 0.2) is 48.5 Å². The first-order valence-corrected chi connectivity index (χ1v) is 8.72. The van der Waals surface area contributed by atoms with Crippen LogP contribution < -0.4 is 10.5 Å². The summed E-state index contributed by atoms with van der Waals surface area (Å²) in [6.07, 6.45) is 0.314. The number of aliphatic hydroxyl groups is 1. The average Bonchev–Trinajstić information content (AvgIpc) is 2.53. The van der Waals surface area contributed by atoms with Gasteiger partial charge in [-0.1, -0.05) is 42.8 Å². The van der Waals surface area contributed by atoms with Crippen molar-refractivity contribution in [1.29, 1.82) is 0 Å². The van der Waals surface area contributed by atoms with E-state index in [1.165, 1.54) is 0 Å². The van der Waals surface area contributed by atoms with Crippen LogP contribution >= 0.6 is 11.6 Å². The molecule has 0 aliphatic heterocycles. The Bertz CT molecular complexity index is 674. The van der Waals surface area contributed by atoms with Crippen molar-refractivity contribution in [3.63, 3.8) is 0 Å². The summed E-state index contributed by atoms with van der Waals surface area (Å²) >= 11 is 6.16. The lowest BCUT2D eigenvalue weighted by molar-refractivity contribution is 0.140. The molecule has 0 spiro atoms. The van der Waals surface area contributed by atoms with Crippen LogP contribution in [-0.4, -0.2) is 37.1 Å². The van der Waals surface area contributed by atoms with Crippen LogP contribution in [-0.2, 0) is 11.8 Å². The molecule has 2 aromatic rings. The van der Waals surface area contributed by atoms with Gasteiger partial charge in [-0.05, 0) is 62.3 Å². The van der Waals surface area contributed by atoms with Crippen molar-refractivity contribution in [2.24, 2.45) is 5.73 Å². The molecular weight excluding hydrogens is 336 g/mol. The third-order valence-corrected chi connectivity index (χ3v) is 4.42. The zero-order valence-electron chi connectivity index (χ0n) is 15.1. The van der Waals surface area contributed by atoms with Crippen molar-refractivity contribution in [2.45, 2.75) is 31.4 Å². The first-order valence-electron chi connectivity index (χ1n) is 8.35. The van der Waals surface area contributed by atoms with Crippen molar-refractivity contribution in [2.75, 3.05) is 20.8 Å². The Morgan fingerprint density at radius 3 is 2.44 bits per heavy atom. The lowest BCUT2D eigenvalue weighted by Crippen LogP contribution is -2.34. The smallest absolute Gasteiger partial charge is 0.141 e. The van der Waals surface area contributed by atoms with Gasteiger partial charge in [-0.2, -0.15) is 0 Å². The molecule has 0 radical (unpaired) electrons. The fourth-order valence-electron chi connectivity index (χ4n) is 2.98. The van der Waals surface area contributed by atoms with Gasteiger partial charge < -0.3 is 15.6 Å². The Morgan fingerprint density at radius 2 is 1.88 bits per heavy atom. The number of aliphatic hydroxyl groups excluding tert-OH is 1. The minimum Gasteiger partial charge on any atom is -0.478 e. The van der Waals surface area contributed by atoms with Crippen LogP contribution in [0.4, 0.5) is 0 Å². The van der Waals surface area contributed by atoms with E-state index in [1.807, 2.05) is 55.4 Å². The Balaban J connectivity index is 2.19. The zero-order valence-corrected chi connectivity index (χ0v) is 15.8. The molecule has 0 fully saturated rings. The van der Waals surface area contributed by atoms with Crippen molar-refractivity contribution >= 4 is 11.6 Å². The Labute approximate surface area is 155 Å². The fraction of sp³-hybridized carbons (Fsp3) is 0.400. The van der Waals surface area contributed by atoms with E-state index >= 15 is 0 Å². The topological polar surface area (TPSA) is 58.7 Å². The van der Waals surface area contributed by atoms with E-state index in [2.05, 4.69) is 19.1 Å². The van der Waals surface area contributed by atoms with Gasteiger partial charge in [0.05, 0.1) is 0 Å². The molecule has 0 amide bonds. The number of ether oxygens (including phenoxy) is 1. The maximum Gasteiger partial charge on any atom is 0.141 e. The number of hydrogen-bond donors (Lipinski definition) is 2. The minimum absolute atomic E-state index is 0.314. The summed E-state index contributed by atoms with van der Waals surface area (Å²) in [5.74, 6) is 0.834. The van der Waals surface area contributed by atoms with E-state index in [0.717, 1.165) is 23.3 Å². The molecule has 0 heterocycles. The summed E-state index contributed by atoms with van der Waals surface area (Å²) < 4.78 is 5.67. The molecule has 136 valence electrons. The summed E-state index contributed by atoms with van der Waals surface area (Å²) in [6, 6.07) is 15.8. The number of hydrogen-bond acceptors (Lipinski definition) is 4. The molecule has 3 N–H and O–H groups in total. The van der Waals surface area contributed by atoms with Crippen molar-refractivity contribution < 1.29 is 9.84 Å². The van der Waals surface area contributed by atoms with Gasteiger partial charge >= 0.3 is 0 Å². The third kappa shape index (κ3) is 6.01. The second-order valence-corrected chi connectivity index (χ2v) is 7.45. The zero-order chi connectivity index (χ0) is 18.4. The summed E-state index contributed by atoms with van der Waals surface area (Å²) in [7, 11) is 3.92. The molecule has 1 unspecified atom stereocenters. The van der Waals surface area contributed by atoms with E-state index in [9.17, 15) is 5.11 Å². The van der Waals surface area contributed by atoms with Crippen molar-refractivity contribution in [3.05, 3.63) is 64.7 Å². The molecule has 0 bridgehead atoms. The monoisotopic (exact) mass is 362 g/mol. The van der Waals surface area contributed by atoms with Gasteiger partial charge in [-0.3, -0.25) is 4.90 Å². The Morgan fingerprint density at radius 1 is 1.20 bits per heavy atom. The van der Waals surface area contributed by atoms with Crippen molar-refractivity contribution in [1.82, 2.24) is 4.90 Å². The molecule has 2 aromatic carbocycles. The largest absolute Gasteiger partial charge is 0.478 e. The SMILES string of the molecule is CN(C)COc1ccc(CC(C)(C[C@H](N)O)c2cccc(Cl)c2)cc1. The minimum atomic E-state index is -0.883. The highest BCUT2D eigenvalue weighted by Gasteiger charge is 2.29. The molecule has 25 heavy (non-hydrogen) atoms. The van der Waals surface area contributed by atoms with Crippen LogP contribution in [0.2, 0.25) is 5.02 Å². The maximum absolute atomic E-state index is 9.78. The average molecular weight is 363 g/mol. The Kier molecular flexibility index (Phi) is 6.85. The molecule has 0 saturated carbocycles. The second kappa shape index (κ2) is 8.68. The third-order valence-electron chi connectivity index (χ3n) is 4.19. The van der Waals surface area contributed by atoms with Gasteiger partial charge in [0.25, 0.3) is 0 Å². The van der Waals surface area contributed by atoms with Crippen LogP contribution in [0.25, 0.3) is 0 Å². The number of benzene rings is 2. The highest BCUT2D eigenvalue weighted by Crippen LogP contribution is 2.34. The molecule has 2 atom stereocenters. The highest BCUT2D eigenvalue weighted by atomic mass is 35.5. The molecule has 0 aliphatic rings. The van der Waals surface area contributed by atoms with E-state index in [4.69, 9.17) is 22.1 Å². The molecule has 0 saturated heterocycles. The number of halogens is 1. The van der Waals surface area contributed by atoms with Gasteiger partial charge in [-0.25, -0.2) is 0 Å². The molecule has 0 aliphatic carbocycles. The standard InChI is InChI=1S/C20H27ClN2O2/c1-20(13-19(22)24,16-5-4-6-17(21)11-16)12-15-7-9-18(10-8-15)25-14-23(2)3/h4-11,19,24H,12-14,22H2,1-3H3/t19-,20?/m1/s1. The van der Waals surface area contributed by atoms with Gasteiger partial charge in [0.15, 0.2) is 0 Å². The number of nitrogens with two attached hydrogens (primary N) is 1. The number of rotatable bonds is 8. The van der Waals surface area contributed by atoms with Crippen molar-refractivity contribution in [3.8, 4) is 5.75 Å². The summed E-state index contributed by atoms with van der Waals surface area (Å²) in [4.78, 5) is 1.97. The first kappa shape index (κ1) is 19.7. The Hall–Kier alpha value is -1.59. The van der Waals surface area contributed by atoms with E-state index in [1.54, 1.807) is 0 Å². The predicted octanol–water partition coefficient (Wildman–Crippen LogP) is 3.41. The first-order chi connectivity index (χ1) is 11.8. The van der Waals surface area contributed by atoms with Gasteiger partial charge in [0, 0.05) is 10.4 Å². The number of nitrogens with zero attached hydrogens (tertiary/aromatic N) is 1. The van der Waals surface area contributed by atoms with E-state index in [-0.39, 0.29) is 5.41 Å². The van der Waals surface area contributed by atoms with Crippen LogP contribution in [0, 0.1) is 0 Å². The summed E-state index contributed by atoms with van der Waals surface area (Å²) in [6.45, 7) is 2.64. The summed E-state index contributed by atoms with van der Waals surface area (Å²) in [5, 5.41) is 10.5. The van der Waals surface area contributed by atoms with Gasteiger partial charge in [-0.15, -0.1) is 0 Å². The second-order valence-electron chi connectivity index (χ2n) is 7.02. The maximum atomic E-state index is 9.78. The van der Waals surface area contributed by atoms with Crippen LogP contribution in [0.1, 0.15) is 24.5 Å². The molecule has 5 heteroatoms.